The van der Waals surface area contributed by atoms with Crippen LogP contribution < -0.4 is 9.64 Å². The largest absolute Gasteiger partial charge is 0.491 e. The number of benzene rings is 2. The molecular formula is C32H27NO8. The third-order valence-electron chi connectivity index (χ3n) is 8.49. The number of allylic oxidation sites excluding steroid dienone is 6. The number of rotatable bonds is 6. The highest BCUT2D eigenvalue weighted by atomic mass is 16.5. The lowest BCUT2D eigenvalue weighted by atomic mass is 9.59. The maximum absolute atomic E-state index is 14.0. The molecule has 1 aliphatic heterocycles. The van der Waals surface area contributed by atoms with Crippen LogP contribution in [0.15, 0.2) is 83.0 Å². The van der Waals surface area contributed by atoms with Gasteiger partial charge < -0.3 is 14.9 Å². The fourth-order valence-corrected chi connectivity index (χ4v) is 6.78. The number of fused-ring (bicyclic) bond motifs is 3. The molecule has 0 radical (unpaired) electrons. The van der Waals surface area contributed by atoms with Crippen molar-refractivity contribution in [3.05, 3.63) is 94.1 Å². The summed E-state index contributed by atoms with van der Waals surface area (Å²) < 4.78 is 5.82. The van der Waals surface area contributed by atoms with Crippen LogP contribution in [0, 0.1) is 17.8 Å². The van der Waals surface area contributed by atoms with Gasteiger partial charge in [-0.1, -0.05) is 35.9 Å². The average Bonchev–Trinajstić information content (AvgIpc) is 3.23. The highest BCUT2D eigenvalue weighted by molar-refractivity contribution is 6.25. The monoisotopic (exact) mass is 553 g/mol. The van der Waals surface area contributed by atoms with Crippen molar-refractivity contribution in [2.45, 2.75) is 25.7 Å². The average molecular weight is 554 g/mol. The number of imide groups is 1. The number of ketones is 2. The first-order valence-corrected chi connectivity index (χ1v) is 13.5. The Kier molecular flexibility index (Phi) is 6.54. The smallest absolute Gasteiger partial charge is 0.335 e. The highest BCUT2D eigenvalue weighted by Crippen LogP contribution is 2.56. The predicted octanol–water partition coefficient (Wildman–Crippen LogP) is 3.39. The topological polar surface area (TPSA) is 138 Å². The number of hydrogen-bond acceptors (Lipinski definition) is 7. The third-order valence-corrected chi connectivity index (χ3v) is 8.49. The number of carbonyl (C=O) groups excluding carboxylic acids is 4. The van der Waals surface area contributed by atoms with E-state index in [1.54, 1.807) is 25.1 Å². The molecule has 208 valence electrons. The van der Waals surface area contributed by atoms with Crippen LogP contribution in [-0.4, -0.2) is 52.8 Å². The second-order valence-electron chi connectivity index (χ2n) is 10.7. The molecule has 6 rings (SSSR count). The maximum Gasteiger partial charge on any atom is 0.335 e. The van der Waals surface area contributed by atoms with Crippen molar-refractivity contribution in [1.29, 1.82) is 0 Å². The molecule has 1 heterocycles. The number of anilines is 1. The van der Waals surface area contributed by atoms with Crippen LogP contribution in [0.2, 0.25) is 0 Å². The van der Waals surface area contributed by atoms with E-state index in [2.05, 4.69) is 0 Å². The normalized spacial score (nSPS) is 25.4. The van der Waals surface area contributed by atoms with Crippen LogP contribution in [0.1, 0.15) is 41.6 Å². The van der Waals surface area contributed by atoms with Gasteiger partial charge in [-0.15, -0.1) is 0 Å². The Morgan fingerprint density at radius 1 is 1.02 bits per heavy atom. The summed E-state index contributed by atoms with van der Waals surface area (Å²) in [6, 6.07) is 12.8. The SMILES string of the molecule is CC1=CC(=O)C2=C(C[C@@H]3C(=CC[C@@H]4C(=O)N(c5cccc(C(=O)O)c5)C(=O)[C@@H]43)[C@@H]2c2ccccc2OCCO)C1=O. The summed E-state index contributed by atoms with van der Waals surface area (Å²) in [7, 11) is 0. The van der Waals surface area contributed by atoms with E-state index in [0.717, 1.165) is 10.5 Å². The lowest BCUT2D eigenvalue weighted by Crippen LogP contribution is -2.40. The minimum absolute atomic E-state index is 0.0338. The van der Waals surface area contributed by atoms with Crippen LogP contribution in [-0.2, 0) is 19.2 Å². The molecular weight excluding hydrogens is 526 g/mol. The summed E-state index contributed by atoms with van der Waals surface area (Å²) in [6.45, 7) is 1.41. The van der Waals surface area contributed by atoms with Gasteiger partial charge in [-0.3, -0.25) is 24.1 Å². The first kappa shape index (κ1) is 26.6. The first-order chi connectivity index (χ1) is 19.7. The molecule has 2 aromatic carbocycles. The molecule has 9 nitrogen and oxygen atoms in total. The van der Waals surface area contributed by atoms with Crippen molar-refractivity contribution in [1.82, 2.24) is 0 Å². The van der Waals surface area contributed by atoms with Crippen molar-refractivity contribution in [3.63, 3.8) is 0 Å². The number of carboxylic acid groups (broad SMARTS) is 1. The number of nitrogens with zero attached hydrogens (tertiary/aromatic N) is 1. The van der Waals surface area contributed by atoms with Crippen molar-refractivity contribution in [2.75, 3.05) is 18.1 Å². The standard InChI is InChI=1S/C32H27NO8/c1-16-13-24(35)28-23(29(16)36)15-22-19(26(28)20-7-2-3-8-25(20)41-12-11-34)9-10-21-27(22)31(38)33(30(21)37)18-6-4-5-17(14-18)32(39)40/h2-9,13-14,21-22,26-27,34H,10-12,15H2,1H3,(H,39,40)/t21-,22+,26+,27-/m0/s1. The molecule has 0 saturated carbocycles. The Labute approximate surface area is 235 Å². The number of para-hydroxylation sites is 1. The summed E-state index contributed by atoms with van der Waals surface area (Å²) in [4.78, 5) is 67.2. The van der Waals surface area contributed by atoms with Gasteiger partial charge in [0, 0.05) is 28.2 Å². The van der Waals surface area contributed by atoms with Gasteiger partial charge >= 0.3 is 5.97 Å². The molecule has 0 aromatic heterocycles. The van der Waals surface area contributed by atoms with Crippen LogP contribution in [0.3, 0.4) is 0 Å². The number of amides is 2. The van der Waals surface area contributed by atoms with Crippen molar-refractivity contribution in [2.24, 2.45) is 17.8 Å². The minimum Gasteiger partial charge on any atom is -0.491 e. The van der Waals surface area contributed by atoms with Gasteiger partial charge in [-0.2, -0.15) is 0 Å². The van der Waals surface area contributed by atoms with Gasteiger partial charge in [-0.25, -0.2) is 4.79 Å². The zero-order valence-corrected chi connectivity index (χ0v) is 22.2. The number of carbonyl (C=O) groups is 5. The number of aliphatic hydroxyl groups is 1. The van der Waals surface area contributed by atoms with E-state index in [1.165, 1.54) is 30.3 Å². The Hall–Kier alpha value is -4.63. The summed E-state index contributed by atoms with van der Waals surface area (Å²) in [6.07, 6.45) is 3.65. The second-order valence-corrected chi connectivity index (χ2v) is 10.7. The predicted molar refractivity (Wildman–Crippen MR) is 146 cm³/mol. The van der Waals surface area contributed by atoms with Gasteiger partial charge in [0.05, 0.1) is 29.7 Å². The van der Waals surface area contributed by atoms with Gasteiger partial charge in [-0.05, 0) is 56.0 Å². The molecule has 41 heavy (non-hydrogen) atoms. The summed E-state index contributed by atoms with van der Waals surface area (Å²) in [5.41, 5.74) is 2.57. The van der Waals surface area contributed by atoms with Crippen LogP contribution >= 0.6 is 0 Å². The molecule has 0 unspecified atom stereocenters. The quantitative estimate of drug-likeness (QED) is 0.315. The lowest BCUT2D eigenvalue weighted by Gasteiger charge is -2.42. The van der Waals surface area contributed by atoms with Gasteiger partial charge in [0.1, 0.15) is 12.4 Å². The van der Waals surface area contributed by atoms with E-state index < -0.39 is 41.5 Å². The summed E-state index contributed by atoms with van der Waals surface area (Å²) in [5, 5.41) is 18.8. The molecule has 1 fully saturated rings. The molecule has 2 N–H and O–H groups in total. The molecule has 0 spiro atoms. The van der Waals surface area contributed by atoms with Crippen LogP contribution in [0.5, 0.6) is 5.75 Å². The number of aromatic carboxylic acids is 1. The highest BCUT2D eigenvalue weighted by Gasteiger charge is 2.56. The number of hydrogen-bond donors (Lipinski definition) is 2. The van der Waals surface area contributed by atoms with Crippen molar-refractivity contribution >= 4 is 35.0 Å². The molecule has 4 aliphatic rings. The molecule has 1 saturated heterocycles. The van der Waals surface area contributed by atoms with Gasteiger partial charge in [0.15, 0.2) is 11.6 Å². The Balaban J connectivity index is 1.48. The number of aliphatic hydroxyl groups excluding tert-OH is 1. The Bertz CT molecular complexity index is 1630. The molecule has 0 bridgehead atoms. The lowest BCUT2D eigenvalue weighted by molar-refractivity contribution is -0.123. The molecule has 9 heteroatoms. The van der Waals surface area contributed by atoms with E-state index >= 15 is 0 Å². The number of ether oxygens (including phenoxy) is 1. The Morgan fingerprint density at radius 3 is 2.56 bits per heavy atom. The molecule has 4 atom stereocenters. The van der Waals surface area contributed by atoms with Gasteiger partial charge in [0.2, 0.25) is 11.8 Å². The van der Waals surface area contributed by atoms with Gasteiger partial charge in [0.25, 0.3) is 0 Å². The summed E-state index contributed by atoms with van der Waals surface area (Å²) in [5.74, 6) is -4.80. The van der Waals surface area contributed by atoms with Crippen LogP contribution in [0.25, 0.3) is 0 Å². The van der Waals surface area contributed by atoms with E-state index in [4.69, 9.17) is 4.74 Å². The van der Waals surface area contributed by atoms with E-state index in [9.17, 15) is 34.2 Å². The molecule has 2 amide bonds. The van der Waals surface area contributed by atoms with Crippen LogP contribution in [0.4, 0.5) is 5.69 Å². The van der Waals surface area contributed by atoms with E-state index in [0.29, 0.717) is 28.0 Å². The minimum atomic E-state index is -1.17. The fourth-order valence-electron chi connectivity index (χ4n) is 6.78. The second kappa shape index (κ2) is 10.1. The van der Waals surface area contributed by atoms with Crippen molar-refractivity contribution < 1.29 is 38.9 Å². The third kappa shape index (κ3) is 4.15. The van der Waals surface area contributed by atoms with Crippen molar-refractivity contribution in [3.8, 4) is 5.75 Å². The summed E-state index contributed by atoms with van der Waals surface area (Å²) >= 11 is 0. The zero-order chi connectivity index (χ0) is 29.0. The molecule has 2 aromatic rings. The van der Waals surface area contributed by atoms with E-state index in [-0.39, 0.29) is 48.9 Å². The first-order valence-electron chi connectivity index (χ1n) is 13.5. The molecule has 3 aliphatic carbocycles. The zero-order valence-electron chi connectivity index (χ0n) is 22.2. The Morgan fingerprint density at radius 2 is 1.80 bits per heavy atom. The van der Waals surface area contributed by atoms with E-state index in [1.807, 2.05) is 12.1 Å². The number of Topliss-reactive ketones (excluding diaryl/α,β-unsaturated/α-hetero) is 1. The number of carboxylic acids is 1. The maximum atomic E-state index is 14.0. The fraction of sp³-hybridized carbons (Fsp3) is 0.281.